The highest BCUT2D eigenvalue weighted by molar-refractivity contribution is 5.81. The van der Waals surface area contributed by atoms with Gasteiger partial charge in [-0.1, -0.05) is 12.6 Å². The third-order valence-corrected chi connectivity index (χ3v) is 3.23. The van der Waals surface area contributed by atoms with Crippen molar-refractivity contribution in [1.29, 1.82) is 0 Å². The predicted molar refractivity (Wildman–Crippen MR) is 62.4 cm³/mol. The molecule has 0 aliphatic heterocycles. The number of nitrogens with zero attached hydrogens (tertiary/aromatic N) is 1. The van der Waals surface area contributed by atoms with Gasteiger partial charge >= 0.3 is 0 Å². The summed E-state index contributed by atoms with van der Waals surface area (Å²) in [6.07, 6.45) is 6.39. The third kappa shape index (κ3) is 1.27. The van der Waals surface area contributed by atoms with E-state index in [2.05, 4.69) is 30.6 Å². The van der Waals surface area contributed by atoms with Crippen molar-refractivity contribution in [2.45, 2.75) is 19.8 Å². The molecule has 0 saturated heterocycles. The summed E-state index contributed by atoms with van der Waals surface area (Å²) in [6.45, 7) is 6.14. The zero-order chi connectivity index (χ0) is 10.4. The van der Waals surface area contributed by atoms with E-state index in [-0.39, 0.29) is 0 Å². The molecule has 74 valence electrons. The van der Waals surface area contributed by atoms with Crippen LogP contribution in [0.2, 0.25) is 0 Å². The SMILES string of the molecule is C=C1C2=C1CCC(c1ncccc1C)=C2. The van der Waals surface area contributed by atoms with Crippen LogP contribution >= 0.6 is 0 Å². The molecule has 1 aromatic rings. The molecule has 1 aromatic heterocycles. The lowest BCUT2D eigenvalue weighted by Crippen LogP contribution is -1.94. The van der Waals surface area contributed by atoms with Crippen molar-refractivity contribution in [2.75, 3.05) is 0 Å². The van der Waals surface area contributed by atoms with Crippen LogP contribution in [0.25, 0.3) is 5.57 Å². The molecule has 2 aliphatic rings. The lowest BCUT2D eigenvalue weighted by atomic mass is 9.99. The van der Waals surface area contributed by atoms with Crippen molar-refractivity contribution in [2.24, 2.45) is 0 Å². The fraction of sp³-hybridized carbons (Fsp3) is 0.214. The highest BCUT2D eigenvalue weighted by atomic mass is 14.7. The van der Waals surface area contributed by atoms with E-state index in [9.17, 15) is 0 Å². The second kappa shape index (κ2) is 2.93. The molecule has 0 saturated carbocycles. The smallest absolute Gasteiger partial charge is 0.0691 e. The van der Waals surface area contributed by atoms with Crippen LogP contribution in [0.3, 0.4) is 0 Å². The van der Waals surface area contributed by atoms with Crippen molar-refractivity contribution in [3.05, 3.63) is 59.0 Å². The van der Waals surface area contributed by atoms with Crippen LogP contribution in [0.4, 0.5) is 0 Å². The number of rotatable bonds is 1. The van der Waals surface area contributed by atoms with Crippen LogP contribution in [-0.4, -0.2) is 4.98 Å². The van der Waals surface area contributed by atoms with Crippen molar-refractivity contribution in [1.82, 2.24) is 4.98 Å². The van der Waals surface area contributed by atoms with Crippen LogP contribution in [0, 0.1) is 6.92 Å². The normalized spacial score (nSPS) is 18.7. The fourth-order valence-corrected chi connectivity index (χ4v) is 2.26. The van der Waals surface area contributed by atoms with Crippen LogP contribution in [0.5, 0.6) is 0 Å². The van der Waals surface area contributed by atoms with E-state index >= 15 is 0 Å². The first kappa shape index (κ1) is 8.66. The van der Waals surface area contributed by atoms with E-state index < -0.39 is 0 Å². The van der Waals surface area contributed by atoms with Gasteiger partial charge < -0.3 is 0 Å². The van der Waals surface area contributed by atoms with Crippen LogP contribution < -0.4 is 0 Å². The largest absolute Gasteiger partial charge is 0.256 e. The Hall–Kier alpha value is -1.63. The average Bonchev–Trinajstić information content (AvgIpc) is 2.90. The van der Waals surface area contributed by atoms with Gasteiger partial charge in [0.05, 0.1) is 5.69 Å². The van der Waals surface area contributed by atoms with E-state index in [1.54, 1.807) is 0 Å². The van der Waals surface area contributed by atoms with Crippen molar-refractivity contribution < 1.29 is 0 Å². The molecule has 2 aliphatic carbocycles. The molecule has 0 fully saturated rings. The molecule has 0 aromatic carbocycles. The predicted octanol–water partition coefficient (Wildman–Crippen LogP) is 3.43. The molecule has 0 unspecified atom stereocenters. The molecule has 0 bridgehead atoms. The van der Waals surface area contributed by atoms with E-state index in [1.807, 2.05) is 12.3 Å². The van der Waals surface area contributed by atoms with E-state index in [4.69, 9.17) is 0 Å². The van der Waals surface area contributed by atoms with E-state index in [1.165, 1.54) is 27.9 Å². The van der Waals surface area contributed by atoms with Crippen molar-refractivity contribution in [3.8, 4) is 0 Å². The molecular formula is C14H13N. The number of aryl methyl sites for hydroxylation is 1. The molecule has 1 nitrogen and oxygen atoms in total. The van der Waals surface area contributed by atoms with Gasteiger partial charge in [0.2, 0.25) is 0 Å². The van der Waals surface area contributed by atoms with Crippen molar-refractivity contribution >= 4 is 5.57 Å². The Balaban J connectivity index is 2.03. The molecule has 0 spiro atoms. The van der Waals surface area contributed by atoms with Gasteiger partial charge in [0.15, 0.2) is 0 Å². The summed E-state index contributed by atoms with van der Waals surface area (Å²) in [6, 6.07) is 4.11. The minimum absolute atomic E-state index is 1.11. The highest BCUT2D eigenvalue weighted by Gasteiger charge is 2.29. The maximum absolute atomic E-state index is 4.46. The number of pyridine rings is 1. The molecule has 0 radical (unpaired) electrons. The first-order valence-electron chi connectivity index (χ1n) is 5.33. The van der Waals surface area contributed by atoms with Gasteiger partial charge in [-0.05, 0) is 59.8 Å². The van der Waals surface area contributed by atoms with Gasteiger partial charge in [0.25, 0.3) is 0 Å². The lowest BCUT2D eigenvalue weighted by Gasteiger charge is -2.09. The number of aromatic nitrogens is 1. The Kier molecular flexibility index (Phi) is 1.69. The molecule has 0 N–H and O–H groups in total. The number of hydrogen-bond acceptors (Lipinski definition) is 1. The Bertz CT molecular complexity index is 518. The first-order valence-corrected chi connectivity index (χ1v) is 5.33. The number of hydrogen-bond donors (Lipinski definition) is 0. The average molecular weight is 195 g/mol. The quantitative estimate of drug-likeness (QED) is 0.669. The minimum Gasteiger partial charge on any atom is -0.256 e. The van der Waals surface area contributed by atoms with Gasteiger partial charge in [-0.2, -0.15) is 0 Å². The number of allylic oxidation sites excluding steroid dienone is 5. The summed E-state index contributed by atoms with van der Waals surface area (Å²) in [5.74, 6) is 0. The van der Waals surface area contributed by atoms with Crippen LogP contribution in [0.15, 0.2) is 47.7 Å². The van der Waals surface area contributed by atoms with Gasteiger partial charge in [-0.3, -0.25) is 4.98 Å². The van der Waals surface area contributed by atoms with Gasteiger partial charge in [0, 0.05) is 6.20 Å². The molecule has 1 heterocycles. The lowest BCUT2D eigenvalue weighted by molar-refractivity contribution is 1.02. The van der Waals surface area contributed by atoms with E-state index in [0.717, 1.165) is 18.5 Å². The highest BCUT2D eigenvalue weighted by Crippen LogP contribution is 2.47. The Labute approximate surface area is 89.9 Å². The fourth-order valence-electron chi connectivity index (χ4n) is 2.26. The topological polar surface area (TPSA) is 12.9 Å². The Morgan fingerprint density at radius 2 is 2.20 bits per heavy atom. The second-order valence-electron chi connectivity index (χ2n) is 4.21. The monoisotopic (exact) mass is 195 g/mol. The van der Waals surface area contributed by atoms with Gasteiger partial charge in [-0.25, -0.2) is 0 Å². The van der Waals surface area contributed by atoms with Gasteiger partial charge in [-0.15, -0.1) is 0 Å². The molecule has 0 atom stereocenters. The van der Waals surface area contributed by atoms with Crippen molar-refractivity contribution in [3.63, 3.8) is 0 Å². The zero-order valence-corrected chi connectivity index (χ0v) is 8.88. The summed E-state index contributed by atoms with van der Waals surface area (Å²) in [7, 11) is 0. The molecule has 3 rings (SSSR count). The first-order chi connectivity index (χ1) is 7.27. The third-order valence-electron chi connectivity index (χ3n) is 3.23. The minimum atomic E-state index is 1.11. The molecule has 1 heteroatoms. The maximum Gasteiger partial charge on any atom is 0.0691 e. The standard InChI is InChI=1S/C14H13N/c1-9-4-3-7-15-14(9)11-5-6-12-10(2)13(12)8-11/h3-4,7-8H,2,5-6H2,1H3. The maximum atomic E-state index is 4.46. The summed E-state index contributed by atoms with van der Waals surface area (Å²) >= 11 is 0. The molecule has 15 heavy (non-hydrogen) atoms. The zero-order valence-electron chi connectivity index (χ0n) is 8.88. The second-order valence-corrected chi connectivity index (χ2v) is 4.21. The summed E-state index contributed by atoms with van der Waals surface area (Å²) in [5, 5.41) is 0. The summed E-state index contributed by atoms with van der Waals surface area (Å²) in [5.41, 5.74) is 7.90. The van der Waals surface area contributed by atoms with Crippen LogP contribution in [-0.2, 0) is 0 Å². The molecule has 0 amide bonds. The van der Waals surface area contributed by atoms with Crippen LogP contribution in [0.1, 0.15) is 24.1 Å². The summed E-state index contributed by atoms with van der Waals surface area (Å²) in [4.78, 5) is 4.46. The van der Waals surface area contributed by atoms with Gasteiger partial charge in [0.1, 0.15) is 0 Å². The molecular weight excluding hydrogens is 182 g/mol. The summed E-state index contributed by atoms with van der Waals surface area (Å²) < 4.78 is 0. The Morgan fingerprint density at radius 3 is 2.93 bits per heavy atom. The van der Waals surface area contributed by atoms with E-state index in [0.29, 0.717) is 0 Å². The Morgan fingerprint density at radius 1 is 1.33 bits per heavy atom.